The minimum atomic E-state index is -0.540. The Labute approximate surface area is 188 Å². The number of rotatable bonds is 8. The van der Waals surface area contributed by atoms with Crippen LogP contribution in [0.15, 0.2) is 52.1 Å². The number of nitrogens with one attached hydrogen (secondary N) is 2. The fourth-order valence-electron chi connectivity index (χ4n) is 2.76. The first kappa shape index (κ1) is 23.0. The second-order valence-corrected chi connectivity index (χ2v) is 7.70. The second kappa shape index (κ2) is 10.6. The van der Waals surface area contributed by atoms with E-state index in [1.54, 1.807) is 42.6 Å². The molecule has 2 N–H and O–H groups in total. The van der Waals surface area contributed by atoms with Gasteiger partial charge in [-0.3, -0.25) is 14.4 Å². The molecule has 0 atom stereocenters. The molecule has 0 aliphatic rings. The van der Waals surface area contributed by atoms with E-state index in [0.717, 1.165) is 17.0 Å². The fraction of sp³-hybridized carbons (Fsp3) is 0.227. The number of carbonyl (C=O) groups is 3. The van der Waals surface area contributed by atoms with Gasteiger partial charge in [-0.2, -0.15) is 0 Å². The highest BCUT2D eigenvalue weighted by molar-refractivity contribution is 7.98. The first-order valence-corrected chi connectivity index (χ1v) is 10.6. The Morgan fingerprint density at radius 1 is 1.09 bits per heavy atom. The van der Waals surface area contributed by atoms with Crippen LogP contribution < -0.4 is 10.6 Å². The van der Waals surface area contributed by atoms with Crippen molar-refractivity contribution >= 4 is 35.2 Å². The number of hydrogen-bond donors (Lipinski definition) is 2. The maximum absolute atomic E-state index is 12.8. The van der Waals surface area contributed by atoms with Crippen molar-refractivity contribution < 1.29 is 23.6 Å². The number of benzene rings is 1. The largest absolute Gasteiger partial charge is 0.468 e. The number of carbonyl (C=O) groups excluding carboxylic acids is 3. The van der Waals surface area contributed by atoms with Crippen LogP contribution >= 0.6 is 11.8 Å². The van der Waals surface area contributed by atoms with Gasteiger partial charge in [0.15, 0.2) is 0 Å². The maximum atomic E-state index is 12.8. The van der Waals surface area contributed by atoms with E-state index in [-0.39, 0.29) is 12.5 Å². The van der Waals surface area contributed by atoms with Gasteiger partial charge in [-0.05, 0) is 50.2 Å². The number of anilines is 1. The van der Waals surface area contributed by atoms with Crippen molar-refractivity contribution in [1.29, 1.82) is 0 Å². The minimum Gasteiger partial charge on any atom is -0.468 e. The zero-order valence-corrected chi connectivity index (χ0v) is 18.6. The third-order valence-corrected chi connectivity index (χ3v) is 5.61. The van der Waals surface area contributed by atoms with Gasteiger partial charge in [-0.1, -0.05) is 5.16 Å². The molecule has 9 nitrogen and oxygen atoms in total. The van der Waals surface area contributed by atoms with Crippen LogP contribution in [0.2, 0.25) is 0 Å². The number of amides is 2. The van der Waals surface area contributed by atoms with Crippen LogP contribution in [-0.4, -0.2) is 41.6 Å². The second-order valence-electron chi connectivity index (χ2n) is 6.74. The summed E-state index contributed by atoms with van der Waals surface area (Å²) in [5.74, 6) is 0.0450. The average Bonchev–Trinajstić information content (AvgIpc) is 3.13. The molecule has 0 fully saturated rings. The van der Waals surface area contributed by atoms with E-state index in [1.807, 2.05) is 13.8 Å². The normalized spacial score (nSPS) is 10.5. The van der Waals surface area contributed by atoms with Crippen LogP contribution in [0.4, 0.5) is 5.69 Å². The van der Waals surface area contributed by atoms with E-state index in [1.165, 1.54) is 18.9 Å². The number of aryl methyl sites for hydroxylation is 2. The molecule has 32 heavy (non-hydrogen) atoms. The summed E-state index contributed by atoms with van der Waals surface area (Å²) in [6.45, 7) is 3.50. The van der Waals surface area contributed by atoms with E-state index in [2.05, 4.69) is 25.5 Å². The summed E-state index contributed by atoms with van der Waals surface area (Å²) in [7, 11) is 1.24. The molecule has 2 aromatic heterocycles. The van der Waals surface area contributed by atoms with Gasteiger partial charge in [0.1, 0.15) is 17.3 Å². The quantitative estimate of drug-likeness (QED) is 0.393. The molecule has 2 amide bonds. The van der Waals surface area contributed by atoms with Gasteiger partial charge in [0.05, 0.1) is 18.4 Å². The number of methoxy groups -OCH3 is 1. The van der Waals surface area contributed by atoms with Gasteiger partial charge in [0.2, 0.25) is 0 Å². The SMILES string of the molecule is COC(=O)CNC(=O)c1ccc(NC(=O)c2cccnc2SCc2c(C)noc2C)cc1. The lowest BCUT2D eigenvalue weighted by Gasteiger charge is -2.10. The van der Waals surface area contributed by atoms with E-state index >= 15 is 0 Å². The van der Waals surface area contributed by atoms with Crippen molar-refractivity contribution in [1.82, 2.24) is 15.5 Å². The van der Waals surface area contributed by atoms with Crippen LogP contribution in [-0.2, 0) is 15.3 Å². The monoisotopic (exact) mass is 454 g/mol. The number of esters is 1. The topological polar surface area (TPSA) is 123 Å². The lowest BCUT2D eigenvalue weighted by atomic mass is 10.2. The van der Waals surface area contributed by atoms with Gasteiger partial charge in [-0.15, -0.1) is 11.8 Å². The summed E-state index contributed by atoms with van der Waals surface area (Å²) in [4.78, 5) is 40.4. The molecule has 0 spiro atoms. The molecule has 3 rings (SSSR count). The molecule has 0 bridgehead atoms. The lowest BCUT2D eigenvalue weighted by Crippen LogP contribution is -2.30. The van der Waals surface area contributed by atoms with Crippen LogP contribution in [0.3, 0.4) is 0 Å². The predicted octanol–water partition coefficient (Wildman–Crippen LogP) is 3.13. The van der Waals surface area contributed by atoms with Crippen LogP contribution in [0.25, 0.3) is 0 Å². The van der Waals surface area contributed by atoms with E-state index in [9.17, 15) is 14.4 Å². The van der Waals surface area contributed by atoms with Crippen molar-refractivity contribution in [3.05, 3.63) is 70.7 Å². The van der Waals surface area contributed by atoms with Crippen LogP contribution in [0.5, 0.6) is 0 Å². The summed E-state index contributed by atoms with van der Waals surface area (Å²) in [6, 6.07) is 9.73. The first-order chi connectivity index (χ1) is 15.4. The van der Waals surface area contributed by atoms with Crippen molar-refractivity contribution in [2.75, 3.05) is 19.0 Å². The standard InChI is InChI=1S/C22H22N4O5S/c1-13-18(14(2)31-26-13)12-32-22-17(5-4-10-23-22)21(29)25-16-8-6-15(7-9-16)20(28)24-11-19(27)30-3/h4-10H,11-12H2,1-3H3,(H,24,28)(H,25,29). The number of ether oxygens (including phenoxy) is 1. The van der Waals surface area contributed by atoms with Crippen molar-refractivity contribution in [2.24, 2.45) is 0 Å². The Morgan fingerprint density at radius 3 is 2.50 bits per heavy atom. The maximum Gasteiger partial charge on any atom is 0.325 e. The molecule has 0 aliphatic carbocycles. The number of aromatic nitrogens is 2. The zero-order valence-electron chi connectivity index (χ0n) is 17.8. The lowest BCUT2D eigenvalue weighted by molar-refractivity contribution is -0.139. The number of thioether (sulfide) groups is 1. The number of nitrogens with zero attached hydrogens (tertiary/aromatic N) is 2. The minimum absolute atomic E-state index is 0.219. The molecular weight excluding hydrogens is 432 g/mol. The molecule has 10 heteroatoms. The highest BCUT2D eigenvalue weighted by atomic mass is 32.2. The summed E-state index contributed by atoms with van der Waals surface area (Å²) in [5, 5.41) is 9.80. The molecule has 0 saturated heterocycles. The highest BCUT2D eigenvalue weighted by Crippen LogP contribution is 2.27. The molecule has 0 saturated carbocycles. The third kappa shape index (κ3) is 5.73. The van der Waals surface area contributed by atoms with Crippen molar-refractivity contribution in [3.63, 3.8) is 0 Å². The number of hydrogen-bond acceptors (Lipinski definition) is 8. The van der Waals surface area contributed by atoms with Gasteiger partial charge < -0.3 is 19.9 Å². The average molecular weight is 455 g/mol. The van der Waals surface area contributed by atoms with Gasteiger partial charge in [0.25, 0.3) is 11.8 Å². The summed E-state index contributed by atoms with van der Waals surface area (Å²) in [5.41, 5.74) is 3.10. The van der Waals surface area contributed by atoms with Gasteiger partial charge in [-0.25, -0.2) is 4.98 Å². The first-order valence-electron chi connectivity index (χ1n) is 9.65. The highest BCUT2D eigenvalue weighted by Gasteiger charge is 2.16. The van der Waals surface area contributed by atoms with Gasteiger partial charge in [0, 0.05) is 28.8 Å². The third-order valence-electron chi connectivity index (χ3n) is 4.58. The Kier molecular flexibility index (Phi) is 7.61. The molecule has 166 valence electrons. The fourth-order valence-corrected chi connectivity index (χ4v) is 3.90. The Hall–Kier alpha value is -3.66. The summed E-state index contributed by atoms with van der Waals surface area (Å²) in [6.07, 6.45) is 1.63. The molecule has 0 aliphatic heterocycles. The molecule has 1 aromatic carbocycles. The van der Waals surface area contributed by atoms with E-state index in [0.29, 0.717) is 27.6 Å². The molecule has 3 aromatic rings. The Morgan fingerprint density at radius 2 is 1.84 bits per heavy atom. The Balaban J connectivity index is 1.64. The molecular formula is C22H22N4O5S. The Bertz CT molecular complexity index is 1110. The summed E-state index contributed by atoms with van der Waals surface area (Å²) < 4.78 is 9.67. The van der Waals surface area contributed by atoms with Crippen molar-refractivity contribution in [3.8, 4) is 0 Å². The number of pyridine rings is 1. The molecule has 0 radical (unpaired) electrons. The predicted molar refractivity (Wildman–Crippen MR) is 119 cm³/mol. The van der Waals surface area contributed by atoms with Crippen LogP contribution in [0.1, 0.15) is 37.7 Å². The molecule has 0 unspecified atom stereocenters. The van der Waals surface area contributed by atoms with Crippen molar-refractivity contribution in [2.45, 2.75) is 24.6 Å². The van der Waals surface area contributed by atoms with Crippen LogP contribution in [0, 0.1) is 13.8 Å². The van der Waals surface area contributed by atoms with E-state index < -0.39 is 11.9 Å². The summed E-state index contributed by atoms with van der Waals surface area (Å²) >= 11 is 1.43. The van der Waals surface area contributed by atoms with Gasteiger partial charge >= 0.3 is 5.97 Å². The zero-order chi connectivity index (χ0) is 23.1. The van der Waals surface area contributed by atoms with E-state index in [4.69, 9.17) is 4.52 Å². The molecule has 2 heterocycles. The smallest absolute Gasteiger partial charge is 0.325 e.